The standard InChI is InChI=1S/C58H38N2O/c1-3-16-39(17-4-1)40-32-35-44(36-33-40)59(53-29-11-9-24-48(53)50-27-15-31-55-56(50)52-37-34-41-18-7-8-23-47(41)58(52)61-55)45-22-13-19-42(38-45)46-26-14-28-51-49-25-10-12-30-54(49)60(57(46)51)43-20-5-2-6-21-43/h1-38H. The summed E-state index contributed by atoms with van der Waals surface area (Å²) in [7, 11) is 0. The van der Waals surface area contributed by atoms with Gasteiger partial charge in [0.1, 0.15) is 11.2 Å². The predicted molar refractivity (Wildman–Crippen MR) is 257 cm³/mol. The van der Waals surface area contributed by atoms with Crippen molar-refractivity contribution in [2.45, 2.75) is 0 Å². The number of furan rings is 1. The summed E-state index contributed by atoms with van der Waals surface area (Å²) in [6, 6.07) is 82.9. The number of para-hydroxylation sites is 4. The summed E-state index contributed by atoms with van der Waals surface area (Å²) in [5, 5.41) is 6.98. The summed E-state index contributed by atoms with van der Waals surface area (Å²) in [6.45, 7) is 0. The van der Waals surface area contributed by atoms with Gasteiger partial charge in [-0.05, 0) is 88.3 Å². The maximum absolute atomic E-state index is 6.70. The molecule has 0 N–H and O–H groups in total. The second-order valence-corrected chi connectivity index (χ2v) is 15.6. The van der Waals surface area contributed by atoms with Crippen LogP contribution in [0.3, 0.4) is 0 Å². The zero-order chi connectivity index (χ0) is 40.3. The molecule has 0 aliphatic carbocycles. The molecule has 0 atom stereocenters. The summed E-state index contributed by atoms with van der Waals surface area (Å²) < 4.78 is 9.12. The van der Waals surface area contributed by atoms with E-state index < -0.39 is 0 Å². The molecule has 12 rings (SSSR count). The number of fused-ring (bicyclic) bond motifs is 8. The number of nitrogens with zero attached hydrogens (tertiary/aromatic N) is 2. The molecule has 3 nitrogen and oxygen atoms in total. The van der Waals surface area contributed by atoms with E-state index in [1.54, 1.807) is 0 Å². The molecule has 286 valence electrons. The van der Waals surface area contributed by atoms with Gasteiger partial charge >= 0.3 is 0 Å². The molecule has 0 aliphatic rings. The monoisotopic (exact) mass is 778 g/mol. The van der Waals surface area contributed by atoms with Crippen molar-refractivity contribution in [1.82, 2.24) is 4.57 Å². The molecule has 0 aliphatic heterocycles. The van der Waals surface area contributed by atoms with E-state index in [0.29, 0.717) is 0 Å². The molecular weight excluding hydrogens is 741 g/mol. The van der Waals surface area contributed by atoms with E-state index in [1.165, 1.54) is 43.9 Å². The molecule has 0 saturated heterocycles. The maximum Gasteiger partial charge on any atom is 0.143 e. The first-order chi connectivity index (χ1) is 30.3. The van der Waals surface area contributed by atoms with Gasteiger partial charge in [-0.2, -0.15) is 0 Å². The third-order valence-electron chi connectivity index (χ3n) is 12.2. The zero-order valence-electron chi connectivity index (χ0n) is 33.2. The Kier molecular flexibility index (Phi) is 8.17. The predicted octanol–water partition coefficient (Wildman–Crippen LogP) is 16.3. The average molecular weight is 779 g/mol. The van der Waals surface area contributed by atoms with E-state index in [-0.39, 0.29) is 0 Å². The Bertz CT molecular complexity index is 3580. The van der Waals surface area contributed by atoms with Gasteiger partial charge in [0.25, 0.3) is 0 Å². The quantitative estimate of drug-likeness (QED) is 0.161. The molecule has 0 spiro atoms. The zero-order valence-corrected chi connectivity index (χ0v) is 33.2. The molecule has 0 saturated carbocycles. The minimum atomic E-state index is 0.876. The lowest BCUT2D eigenvalue weighted by atomic mass is 9.95. The van der Waals surface area contributed by atoms with E-state index in [9.17, 15) is 0 Å². The largest absolute Gasteiger partial charge is 0.455 e. The molecule has 0 fully saturated rings. The van der Waals surface area contributed by atoms with E-state index in [2.05, 4.69) is 240 Å². The first-order valence-corrected chi connectivity index (χ1v) is 20.8. The number of anilines is 3. The van der Waals surface area contributed by atoms with Crippen molar-refractivity contribution < 1.29 is 4.42 Å². The highest BCUT2D eigenvalue weighted by Crippen LogP contribution is 2.47. The molecular formula is C58H38N2O. The number of hydrogen-bond donors (Lipinski definition) is 0. The Hall–Kier alpha value is -8.14. The van der Waals surface area contributed by atoms with Gasteiger partial charge in [0, 0.05) is 55.1 Å². The number of aromatic nitrogens is 1. The lowest BCUT2D eigenvalue weighted by Gasteiger charge is -2.28. The van der Waals surface area contributed by atoms with Crippen molar-refractivity contribution in [1.29, 1.82) is 0 Å². The lowest BCUT2D eigenvalue weighted by Crippen LogP contribution is -2.11. The van der Waals surface area contributed by atoms with Crippen LogP contribution in [0.15, 0.2) is 235 Å². The second-order valence-electron chi connectivity index (χ2n) is 15.6. The van der Waals surface area contributed by atoms with Gasteiger partial charge in [0.05, 0.1) is 16.7 Å². The fourth-order valence-corrected chi connectivity index (χ4v) is 9.44. The SMILES string of the molecule is c1ccc(-c2ccc(N(c3cccc(-c4cccc5c6ccccc6n(-c6ccccc6)c45)c3)c3ccccc3-c3cccc4oc5c6ccccc6ccc5c34)cc2)cc1. The van der Waals surface area contributed by atoms with Crippen LogP contribution in [0.1, 0.15) is 0 Å². The van der Waals surface area contributed by atoms with Crippen LogP contribution in [-0.2, 0) is 0 Å². The van der Waals surface area contributed by atoms with Crippen LogP contribution < -0.4 is 4.90 Å². The Balaban J connectivity index is 1.08. The Labute approximate surface area is 353 Å². The molecule has 12 aromatic rings. The summed E-state index contributed by atoms with van der Waals surface area (Å²) in [5.41, 5.74) is 15.4. The van der Waals surface area contributed by atoms with Crippen molar-refractivity contribution in [3.63, 3.8) is 0 Å². The molecule has 0 amide bonds. The van der Waals surface area contributed by atoms with E-state index in [0.717, 1.165) is 66.8 Å². The minimum absolute atomic E-state index is 0.876. The van der Waals surface area contributed by atoms with Gasteiger partial charge in [-0.3, -0.25) is 0 Å². The normalized spacial score (nSPS) is 11.6. The van der Waals surface area contributed by atoms with Crippen LogP contribution in [0.2, 0.25) is 0 Å². The molecule has 61 heavy (non-hydrogen) atoms. The fourth-order valence-electron chi connectivity index (χ4n) is 9.44. The van der Waals surface area contributed by atoms with Crippen LogP contribution in [0.25, 0.3) is 93.6 Å². The summed E-state index contributed by atoms with van der Waals surface area (Å²) in [5.74, 6) is 0. The number of benzene rings is 10. The van der Waals surface area contributed by atoms with Crippen LogP contribution in [0, 0.1) is 0 Å². The van der Waals surface area contributed by atoms with Crippen LogP contribution in [0.5, 0.6) is 0 Å². The minimum Gasteiger partial charge on any atom is -0.455 e. The van der Waals surface area contributed by atoms with Crippen molar-refractivity contribution in [3.05, 3.63) is 231 Å². The van der Waals surface area contributed by atoms with E-state index in [4.69, 9.17) is 4.42 Å². The number of rotatable bonds is 7. The molecule has 0 bridgehead atoms. The third-order valence-corrected chi connectivity index (χ3v) is 12.2. The van der Waals surface area contributed by atoms with E-state index >= 15 is 0 Å². The van der Waals surface area contributed by atoms with Crippen LogP contribution in [-0.4, -0.2) is 4.57 Å². The Morgan fingerprint density at radius 1 is 0.377 bits per heavy atom. The van der Waals surface area contributed by atoms with Gasteiger partial charge in [-0.15, -0.1) is 0 Å². The first-order valence-electron chi connectivity index (χ1n) is 20.8. The highest BCUT2D eigenvalue weighted by molar-refractivity contribution is 6.20. The average Bonchev–Trinajstić information content (AvgIpc) is 3.89. The molecule has 0 unspecified atom stereocenters. The summed E-state index contributed by atoms with van der Waals surface area (Å²) in [6.07, 6.45) is 0. The Morgan fingerprint density at radius 2 is 1.02 bits per heavy atom. The van der Waals surface area contributed by atoms with Crippen molar-refractivity contribution >= 4 is 71.6 Å². The lowest BCUT2D eigenvalue weighted by molar-refractivity contribution is 0.673. The van der Waals surface area contributed by atoms with Gasteiger partial charge in [-0.1, -0.05) is 170 Å². The molecule has 0 radical (unpaired) electrons. The molecule has 3 heteroatoms. The maximum atomic E-state index is 6.70. The van der Waals surface area contributed by atoms with Crippen LogP contribution in [0.4, 0.5) is 17.1 Å². The van der Waals surface area contributed by atoms with Gasteiger partial charge in [0.2, 0.25) is 0 Å². The van der Waals surface area contributed by atoms with Crippen molar-refractivity contribution in [3.8, 4) is 39.1 Å². The molecule has 10 aromatic carbocycles. The fraction of sp³-hybridized carbons (Fsp3) is 0. The first kappa shape index (κ1) is 34.9. The number of hydrogen-bond acceptors (Lipinski definition) is 2. The van der Waals surface area contributed by atoms with E-state index in [1.807, 2.05) is 0 Å². The van der Waals surface area contributed by atoms with Crippen molar-refractivity contribution in [2.75, 3.05) is 4.90 Å². The topological polar surface area (TPSA) is 21.3 Å². The highest BCUT2D eigenvalue weighted by atomic mass is 16.3. The molecule has 2 heterocycles. The second kappa shape index (κ2) is 14.3. The molecule has 2 aromatic heterocycles. The van der Waals surface area contributed by atoms with Gasteiger partial charge in [-0.25, -0.2) is 0 Å². The van der Waals surface area contributed by atoms with Crippen molar-refractivity contribution in [2.24, 2.45) is 0 Å². The van der Waals surface area contributed by atoms with Gasteiger partial charge in [0.15, 0.2) is 0 Å². The van der Waals surface area contributed by atoms with Gasteiger partial charge < -0.3 is 13.9 Å². The third kappa shape index (κ3) is 5.74. The van der Waals surface area contributed by atoms with Crippen LogP contribution >= 0.6 is 0 Å². The summed E-state index contributed by atoms with van der Waals surface area (Å²) >= 11 is 0. The smallest absolute Gasteiger partial charge is 0.143 e. The highest BCUT2D eigenvalue weighted by Gasteiger charge is 2.22. The summed E-state index contributed by atoms with van der Waals surface area (Å²) in [4.78, 5) is 2.41. The Morgan fingerprint density at radius 3 is 1.89 bits per heavy atom.